The smallest absolute Gasteiger partial charge is 0.277 e. The number of hydrogen-bond donors (Lipinski definition) is 1. The minimum Gasteiger partial charge on any atom is -0.296 e. The first kappa shape index (κ1) is 19.4. The van der Waals surface area contributed by atoms with Crippen molar-refractivity contribution in [3.63, 3.8) is 0 Å². The molecule has 0 spiro atoms. The molecule has 2 aromatic heterocycles. The molecule has 30 heavy (non-hydrogen) atoms. The Morgan fingerprint density at radius 1 is 1.20 bits per heavy atom. The number of amides is 1. The predicted octanol–water partition coefficient (Wildman–Crippen LogP) is 4.22. The van der Waals surface area contributed by atoms with Crippen LogP contribution in [0.3, 0.4) is 0 Å². The normalized spacial score (nSPS) is 10.7. The van der Waals surface area contributed by atoms with Crippen molar-refractivity contribution >= 4 is 28.1 Å². The zero-order valence-corrected chi connectivity index (χ0v) is 16.2. The molecule has 8 nitrogen and oxygen atoms in total. The fourth-order valence-electron chi connectivity index (χ4n) is 2.78. The maximum Gasteiger partial charge on any atom is 0.277 e. The lowest BCUT2D eigenvalue weighted by molar-refractivity contribution is -0.384. The van der Waals surface area contributed by atoms with Gasteiger partial charge in [-0.2, -0.15) is 5.10 Å². The zero-order chi connectivity index (χ0) is 21.1. The summed E-state index contributed by atoms with van der Waals surface area (Å²) in [6.07, 6.45) is 3.51. The van der Waals surface area contributed by atoms with Gasteiger partial charge in [0.1, 0.15) is 5.82 Å². The highest BCUT2D eigenvalue weighted by Crippen LogP contribution is 2.23. The number of anilines is 1. The van der Waals surface area contributed by atoms with Crippen LogP contribution in [-0.2, 0) is 6.42 Å². The van der Waals surface area contributed by atoms with Crippen LogP contribution in [-0.4, -0.2) is 25.6 Å². The highest BCUT2D eigenvalue weighted by molar-refractivity contribution is 7.15. The maximum atomic E-state index is 13.8. The molecule has 150 valence electrons. The lowest BCUT2D eigenvalue weighted by Gasteiger charge is -2.01. The number of carbonyl (C=O) groups excluding carboxylic acids is 1. The van der Waals surface area contributed by atoms with E-state index < -0.39 is 10.8 Å². The monoisotopic (exact) mass is 423 g/mol. The maximum absolute atomic E-state index is 13.8. The van der Waals surface area contributed by atoms with E-state index in [9.17, 15) is 19.3 Å². The van der Waals surface area contributed by atoms with Gasteiger partial charge in [0.2, 0.25) is 0 Å². The highest BCUT2D eigenvalue weighted by atomic mass is 32.1. The number of aromatic nitrogens is 3. The molecule has 4 aromatic rings. The minimum absolute atomic E-state index is 0.0702. The van der Waals surface area contributed by atoms with E-state index in [1.165, 1.54) is 40.3 Å². The van der Waals surface area contributed by atoms with Crippen LogP contribution in [0, 0.1) is 15.9 Å². The molecular weight excluding hydrogens is 409 g/mol. The topological polar surface area (TPSA) is 103 Å². The summed E-state index contributed by atoms with van der Waals surface area (Å²) in [5.74, 6) is -0.755. The first-order valence-corrected chi connectivity index (χ1v) is 9.61. The molecule has 1 N–H and O–H groups in total. The van der Waals surface area contributed by atoms with E-state index in [0.717, 1.165) is 4.88 Å². The molecule has 0 saturated heterocycles. The Morgan fingerprint density at radius 2 is 2.03 bits per heavy atom. The van der Waals surface area contributed by atoms with Gasteiger partial charge in [-0.1, -0.05) is 24.3 Å². The van der Waals surface area contributed by atoms with Crippen LogP contribution in [0.1, 0.15) is 20.9 Å². The summed E-state index contributed by atoms with van der Waals surface area (Å²) in [6, 6.07) is 13.9. The fraction of sp³-hybridized carbons (Fsp3) is 0.0500. The number of halogens is 1. The number of benzene rings is 2. The standard InChI is InChI=1S/C20H14FN5O3S/c21-17-7-2-1-4-13(17)10-16-12-22-20(30-16)23-19(27)18-8-9-25(24-18)14-5-3-6-15(11-14)26(28)29/h1-9,11-12H,10H2,(H,22,23,27). The van der Waals surface area contributed by atoms with Gasteiger partial charge in [0.15, 0.2) is 10.8 Å². The second-order valence-corrected chi connectivity index (χ2v) is 7.39. The second-order valence-electron chi connectivity index (χ2n) is 6.28. The SMILES string of the molecule is O=C(Nc1ncc(Cc2ccccc2F)s1)c1ccn(-c2cccc([N+](=O)[O-])c2)n1. The summed E-state index contributed by atoms with van der Waals surface area (Å²) in [6.45, 7) is 0. The van der Waals surface area contributed by atoms with E-state index in [0.29, 0.717) is 22.8 Å². The molecule has 4 rings (SSSR count). The third-order valence-electron chi connectivity index (χ3n) is 4.22. The fourth-order valence-corrected chi connectivity index (χ4v) is 3.61. The Hall–Kier alpha value is -3.92. The summed E-state index contributed by atoms with van der Waals surface area (Å²) in [5, 5.41) is 18.1. The molecule has 0 unspecified atom stereocenters. The molecule has 0 fully saturated rings. The Morgan fingerprint density at radius 3 is 2.83 bits per heavy atom. The van der Waals surface area contributed by atoms with Crippen LogP contribution in [0.2, 0.25) is 0 Å². The number of nitro groups is 1. The summed E-state index contributed by atoms with van der Waals surface area (Å²) in [4.78, 5) is 27.9. The second kappa shape index (κ2) is 8.21. The number of nitrogens with one attached hydrogen (secondary N) is 1. The third kappa shape index (κ3) is 4.23. The third-order valence-corrected chi connectivity index (χ3v) is 5.14. The first-order chi connectivity index (χ1) is 14.5. The molecule has 0 aliphatic heterocycles. The summed E-state index contributed by atoms with van der Waals surface area (Å²) in [5.41, 5.74) is 1.07. The van der Waals surface area contributed by atoms with Crippen LogP contribution >= 0.6 is 11.3 Å². The lowest BCUT2D eigenvalue weighted by atomic mass is 10.1. The van der Waals surface area contributed by atoms with E-state index in [2.05, 4.69) is 15.4 Å². The van der Waals surface area contributed by atoms with E-state index in [-0.39, 0.29) is 17.2 Å². The molecular formula is C20H14FN5O3S. The first-order valence-electron chi connectivity index (χ1n) is 8.79. The van der Waals surface area contributed by atoms with Crippen LogP contribution in [0.25, 0.3) is 5.69 Å². The summed E-state index contributed by atoms with van der Waals surface area (Å²) < 4.78 is 15.2. The van der Waals surface area contributed by atoms with Crippen LogP contribution in [0.5, 0.6) is 0 Å². The van der Waals surface area contributed by atoms with Gasteiger partial charge in [-0.15, -0.1) is 11.3 Å². The molecule has 0 radical (unpaired) electrons. The number of nitro benzene ring substituents is 1. The summed E-state index contributed by atoms with van der Waals surface area (Å²) >= 11 is 1.25. The van der Waals surface area contributed by atoms with Gasteiger partial charge < -0.3 is 0 Å². The number of rotatable bonds is 6. The molecule has 2 heterocycles. The molecule has 0 saturated carbocycles. The average Bonchev–Trinajstić information content (AvgIpc) is 3.40. The number of thiazole rings is 1. The van der Waals surface area contributed by atoms with Gasteiger partial charge in [0.25, 0.3) is 11.6 Å². The van der Waals surface area contributed by atoms with Crippen molar-refractivity contribution in [2.24, 2.45) is 0 Å². The van der Waals surface area contributed by atoms with E-state index >= 15 is 0 Å². The Balaban J connectivity index is 1.45. The Kier molecular flexibility index (Phi) is 5.31. The van der Waals surface area contributed by atoms with Crippen LogP contribution in [0.4, 0.5) is 15.2 Å². The summed E-state index contributed by atoms with van der Waals surface area (Å²) in [7, 11) is 0. The zero-order valence-electron chi connectivity index (χ0n) is 15.4. The number of hydrogen-bond acceptors (Lipinski definition) is 6. The van der Waals surface area contributed by atoms with Gasteiger partial charge in [-0.05, 0) is 23.8 Å². The lowest BCUT2D eigenvalue weighted by Crippen LogP contribution is -2.13. The molecule has 2 aromatic carbocycles. The van der Waals surface area contributed by atoms with Crippen molar-refractivity contribution in [3.8, 4) is 5.69 Å². The average molecular weight is 423 g/mol. The van der Waals surface area contributed by atoms with Gasteiger partial charge >= 0.3 is 0 Å². The number of carbonyl (C=O) groups is 1. The number of non-ortho nitro benzene ring substituents is 1. The van der Waals surface area contributed by atoms with Crippen molar-refractivity contribution in [2.45, 2.75) is 6.42 Å². The van der Waals surface area contributed by atoms with E-state index in [1.54, 1.807) is 42.7 Å². The van der Waals surface area contributed by atoms with Crippen molar-refractivity contribution in [3.05, 3.63) is 99.1 Å². The molecule has 10 heteroatoms. The van der Waals surface area contributed by atoms with Crippen molar-refractivity contribution in [1.29, 1.82) is 0 Å². The van der Waals surface area contributed by atoms with Crippen molar-refractivity contribution < 1.29 is 14.1 Å². The van der Waals surface area contributed by atoms with Crippen LogP contribution < -0.4 is 5.32 Å². The van der Waals surface area contributed by atoms with Crippen molar-refractivity contribution in [2.75, 3.05) is 5.32 Å². The quantitative estimate of drug-likeness (QED) is 0.369. The molecule has 0 aliphatic rings. The largest absolute Gasteiger partial charge is 0.296 e. The van der Waals surface area contributed by atoms with Gasteiger partial charge in [-0.25, -0.2) is 14.1 Å². The van der Waals surface area contributed by atoms with Crippen LogP contribution in [0.15, 0.2) is 67.0 Å². The molecule has 0 aliphatic carbocycles. The molecule has 1 amide bonds. The number of nitrogens with zero attached hydrogens (tertiary/aromatic N) is 4. The van der Waals surface area contributed by atoms with Gasteiger partial charge in [-0.3, -0.25) is 20.2 Å². The van der Waals surface area contributed by atoms with E-state index in [4.69, 9.17) is 0 Å². The van der Waals surface area contributed by atoms with Crippen molar-refractivity contribution in [1.82, 2.24) is 14.8 Å². The molecule has 0 bridgehead atoms. The predicted molar refractivity (Wildman–Crippen MR) is 109 cm³/mol. The van der Waals surface area contributed by atoms with Gasteiger partial charge in [0, 0.05) is 35.8 Å². The highest BCUT2D eigenvalue weighted by Gasteiger charge is 2.14. The van der Waals surface area contributed by atoms with Gasteiger partial charge in [0.05, 0.1) is 10.6 Å². The minimum atomic E-state index is -0.498. The van der Waals surface area contributed by atoms with E-state index in [1.807, 2.05) is 0 Å². The Bertz CT molecular complexity index is 1240. The molecule has 0 atom stereocenters. The Labute approximate surface area is 173 Å².